The van der Waals surface area contributed by atoms with Crippen LogP contribution >= 0.6 is 0 Å². The molecule has 1 aromatic carbocycles. The number of benzene rings is 1. The summed E-state index contributed by atoms with van der Waals surface area (Å²) in [6.45, 7) is 6.29. The van der Waals surface area contributed by atoms with E-state index in [9.17, 15) is 0 Å². The van der Waals surface area contributed by atoms with Gasteiger partial charge in [0.1, 0.15) is 0 Å². The number of hydrogen-bond acceptors (Lipinski definition) is 3. The number of nitrogens with zero attached hydrogens (tertiary/aromatic N) is 1. The number of likely N-dealkylation sites (N-methyl/N-ethyl adjacent to an activating group) is 1. The van der Waals surface area contributed by atoms with Crippen LogP contribution in [0.3, 0.4) is 0 Å². The minimum absolute atomic E-state index is 0.252. The van der Waals surface area contributed by atoms with E-state index in [4.69, 9.17) is 5.11 Å². The predicted octanol–water partition coefficient (Wildman–Crippen LogP) is 1.51. The van der Waals surface area contributed by atoms with Crippen LogP contribution in [0.4, 0.5) is 5.69 Å². The monoisotopic (exact) mass is 234 g/mol. The van der Waals surface area contributed by atoms with Crippen LogP contribution in [-0.4, -0.2) is 42.8 Å². The van der Waals surface area contributed by atoms with E-state index in [1.54, 1.807) is 0 Å². The van der Waals surface area contributed by atoms with E-state index in [1.807, 2.05) is 0 Å². The SMILES string of the molecule is CCN(CCO)CCc1ccc2c(c1)CCN2. The van der Waals surface area contributed by atoms with Gasteiger partial charge in [-0.1, -0.05) is 19.1 Å². The van der Waals surface area contributed by atoms with Crippen LogP contribution in [-0.2, 0) is 12.8 Å². The van der Waals surface area contributed by atoms with Gasteiger partial charge in [-0.05, 0) is 36.6 Å². The van der Waals surface area contributed by atoms with Crippen molar-refractivity contribution in [3.05, 3.63) is 29.3 Å². The van der Waals surface area contributed by atoms with Gasteiger partial charge in [0.25, 0.3) is 0 Å². The normalized spacial score (nSPS) is 13.8. The lowest BCUT2D eigenvalue weighted by atomic mass is 10.1. The highest BCUT2D eigenvalue weighted by atomic mass is 16.3. The fourth-order valence-corrected chi connectivity index (χ4v) is 2.37. The predicted molar refractivity (Wildman–Crippen MR) is 71.5 cm³/mol. The summed E-state index contributed by atoms with van der Waals surface area (Å²) in [6.07, 6.45) is 2.22. The van der Waals surface area contributed by atoms with Crippen LogP contribution in [0, 0.1) is 0 Å². The molecule has 94 valence electrons. The Morgan fingerprint density at radius 1 is 1.35 bits per heavy atom. The van der Waals surface area contributed by atoms with Crippen LogP contribution in [0.5, 0.6) is 0 Å². The maximum atomic E-state index is 8.94. The van der Waals surface area contributed by atoms with Gasteiger partial charge in [0, 0.05) is 25.3 Å². The van der Waals surface area contributed by atoms with Crippen LogP contribution in [0.1, 0.15) is 18.1 Å². The third kappa shape index (κ3) is 3.20. The van der Waals surface area contributed by atoms with E-state index in [0.29, 0.717) is 0 Å². The van der Waals surface area contributed by atoms with Crippen molar-refractivity contribution in [1.82, 2.24) is 4.90 Å². The maximum absolute atomic E-state index is 8.94. The number of nitrogens with one attached hydrogen (secondary N) is 1. The molecule has 0 amide bonds. The number of anilines is 1. The van der Waals surface area contributed by atoms with Crippen molar-refractivity contribution in [3.63, 3.8) is 0 Å². The van der Waals surface area contributed by atoms with Gasteiger partial charge in [-0.2, -0.15) is 0 Å². The minimum atomic E-state index is 0.252. The molecule has 1 heterocycles. The van der Waals surface area contributed by atoms with Crippen molar-refractivity contribution in [1.29, 1.82) is 0 Å². The van der Waals surface area contributed by atoms with E-state index >= 15 is 0 Å². The molecule has 17 heavy (non-hydrogen) atoms. The van der Waals surface area contributed by atoms with Gasteiger partial charge in [0.15, 0.2) is 0 Å². The summed E-state index contributed by atoms with van der Waals surface area (Å²) in [6, 6.07) is 6.73. The first-order valence-electron chi connectivity index (χ1n) is 6.52. The summed E-state index contributed by atoms with van der Waals surface area (Å²) >= 11 is 0. The average molecular weight is 234 g/mol. The highest BCUT2D eigenvalue weighted by molar-refractivity contribution is 5.56. The minimum Gasteiger partial charge on any atom is -0.395 e. The van der Waals surface area contributed by atoms with Gasteiger partial charge in [-0.3, -0.25) is 0 Å². The lowest BCUT2D eigenvalue weighted by Crippen LogP contribution is -2.28. The van der Waals surface area contributed by atoms with Gasteiger partial charge in [0.2, 0.25) is 0 Å². The zero-order valence-corrected chi connectivity index (χ0v) is 10.6. The molecule has 0 radical (unpaired) electrons. The Morgan fingerprint density at radius 2 is 2.24 bits per heavy atom. The second-order valence-electron chi connectivity index (χ2n) is 4.58. The molecule has 0 unspecified atom stereocenters. The fraction of sp³-hybridized carbons (Fsp3) is 0.571. The summed E-state index contributed by atoms with van der Waals surface area (Å²) in [5.41, 5.74) is 4.16. The van der Waals surface area contributed by atoms with E-state index in [-0.39, 0.29) is 6.61 Å². The summed E-state index contributed by atoms with van der Waals surface area (Å²) in [5.74, 6) is 0. The molecule has 0 fully saturated rings. The van der Waals surface area contributed by atoms with E-state index in [0.717, 1.165) is 39.0 Å². The highest BCUT2D eigenvalue weighted by Gasteiger charge is 2.10. The molecule has 0 spiro atoms. The molecule has 1 aliphatic heterocycles. The van der Waals surface area contributed by atoms with Gasteiger partial charge in [-0.25, -0.2) is 0 Å². The van der Waals surface area contributed by atoms with Crippen LogP contribution in [0.25, 0.3) is 0 Å². The zero-order chi connectivity index (χ0) is 12.1. The molecule has 0 aromatic heterocycles. The first-order chi connectivity index (χ1) is 8.33. The number of rotatable bonds is 6. The molecule has 1 aromatic rings. The standard InChI is InChI=1S/C14H22N2O/c1-2-16(9-10-17)8-6-12-3-4-14-13(11-12)5-7-15-14/h3-4,11,15,17H,2,5-10H2,1H3. The first kappa shape index (κ1) is 12.4. The van der Waals surface area contributed by atoms with Gasteiger partial charge in [-0.15, -0.1) is 0 Å². The van der Waals surface area contributed by atoms with Crippen LogP contribution in [0.15, 0.2) is 18.2 Å². The van der Waals surface area contributed by atoms with Gasteiger partial charge >= 0.3 is 0 Å². The summed E-state index contributed by atoms with van der Waals surface area (Å²) < 4.78 is 0. The highest BCUT2D eigenvalue weighted by Crippen LogP contribution is 2.23. The second-order valence-corrected chi connectivity index (χ2v) is 4.58. The molecule has 0 saturated heterocycles. The van der Waals surface area contributed by atoms with E-state index < -0.39 is 0 Å². The molecule has 0 saturated carbocycles. The largest absolute Gasteiger partial charge is 0.395 e. The molecule has 2 rings (SSSR count). The Balaban J connectivity index is 1.90. The van der Waals surface area contributed by atoms with Crippen molar-refractivity contribution in [2.75, 3.05) is 38.1 Å². The fourth-order valence-electron chi connectivity index (χ4n) is 2.37. The van der Waals surface area contributed by atoms with Crippen LogP contribution < -0.4 is 5.32 Å². The van der Waals surface area contributed by atoms with Crippen LogP contribution in [0.2, 0.25) is 0 Å². The molecule has 3 nitrogen and oxygen atoms in total. The van der Waals surface area contributed by atoms with Crippen molar-refractivity contribution in [2.24, 2.45) is 0 Å². The quantitative estimate of drug-likeness (QED) is 0.783. The van der Waals surface area contributed by atoms with Crippen molar-refractivity contribution in [3.8, 4) is 0 Å². The lowest BCUT2D eigenvalue weighted by Gasteiger charge is -2.19. The molecular weight excluding hydrogens is 212 g/mol. The van der Waals surface area contributed by atoms with Crippen molar-refractivity contribution >= 4 is 5.69 Å². The summed E-state index contributed by atoms with van der Waals surface area (Å²) in [5, 5.41) is 12.3. The summed E-state index contributed by atoms with van der Waals surface area (Å²) in [4.78, 5) is 2.28. The van der Waals surface area contributed by atoms with Crippen molar-refractivity contribution in [2.45, 2.75) is 19.8 Å². The number of aliphatic hydroxyl groups is 1. The third-order valence-corrected chi connectivity index (χ3v) is 3.46. The molecule has 2 N–H and O–H groups in total. The molecular formula is C14H22N2O. The zero-order valence-electron chi connectivity index (χ0n) is 10.6. The Morgan fingerprint density at radius 3 is 3.00 bits per heavy atom. The summed E-state index contributed by atoms with van der Waals surface area (Å²) in [7, 11) is 0. The number of hydrogen-bond donors (Lipinski definition) is 2. The topological polar surface area (TPSA) is 35.5 Å². The van der Waals surface area contributed by atoms with E-state index in [1.165, 1.54) is 16.8 Å². The van der Waals surface area contributed by atoms with Gasteiger partial charge in [0.05, 0.1) is 6.61 Å². The average Bonchev–Trinajstić information content (AvgIpc) is 2.81. The maximum Gasteiger partial charge on any atom is 0.0558 e. The van der Waals surface area contributed by atoms with Gasteiger partial charge < -0.3 is 15.3 Å². The Bertz CT molecular complexity index is 365. The molecule has 3 heteroatoms. The van der Waals surface area contributed by atoms with Crippen molar-refractivity contribution < 1.29 is 5.11 Å². The lowest BCUT2D eigenvalue weighted by molar-refractivity contribution is 0.203. The Hall–Kier alpha value is -1.06. The number of fused-ring (bicyclic) bond motifs is 1. The third-order valence-electron chi connectivity index (χ3n) is 3.46. The second kappa shape index (κ2) is 6.03. The smallest absolute Gasteiger partial charge is 0.0558 e. The molecule has 1 aliphatic rings. The number of aliphatic hydroxyl groups excluding tert-OH is 1. The van der Waals surface area contributed by atoms with E-state index in [2.05, 4.69) is 35.3 Å². The molecule has 0 atom stereocenters. The molecule has 0 bridgehead atoms. The Kier molecular flexibility index (Phi) is 4.40. The first-order valence-corrected chi connectivity index (χ1v) is 6.52. The Labute approximate surface area is 103 Å². The molecule has 0 aliphatic carbocycles.